The summed E-state index contributed by atoms with van der Waals surface area (Å²) < 4.78 is 41.7. The van der Waals surface area contributed by atoms with Gasteiger partial charge in [0.25, 0.3) is 0 Å². The summed E-state index contributed by atoms with van der Waals surface area (Å²) in [4.78, 5) is 13.1. The molecular weight excluding hydrogens is 402 g/mol. The Morgan fingerprint density at radius 2 is 1.93 bits per heavy atom. The highest BCUT2D eigenvalue weighted by Gasteiger charge is 2.19. The van der Waals surface area contributed by atoms with Crippen molar-refractivity contribution < 1.29 is 27.4 Å². The predicted octanol–water partition coefficient (Wildman–Crippen LogP) is 2.70. The average Bonchev–Trinajstić information content (AvgIpc) is 3.14. The van der Waals surface area contributed by atoms with Crippen molar-refractivity contribution in [1.82, 2.24) is 4.31 Å². The van der Waals surface area contributed by atoms with E-state index < -0.39 is 10.0 Å². The number of hydrogen-bond acceptors (Lipinski definition) is 7. The molecule has 2 aromatic rings. The summed E-state index contributed by atoms with van der Waals surface area (Å²) >= 11 is 1.37. The number of esters is 1. The van der Waals surface area contributed by atoms with E-state index in [-0.39, 0.29) is 12.5 Å². The SMILES string of the molecule is COC(=O)c1ccc(CCCN(Cc2ccc3c(c2)OCCO3)S(C)(=O)=O)s1. The summed E-state index contributed by atoms with van der Waals surface area (Å²) in [5.74, 6) is 0.971. The maximum Gasteiger partial charge on any atom is 0.348 e. The molecular formula is C19H23NO6S2. The maximum atomic E-state index is 12.2. The number of fused-ring (bicyclic) bond motifs is 1. The second-order valence-electron chi connectivity index (χ2n) is 6.44. The first-order chi connectivity index (χ1) is 13.4. The molecule has 0 atom stereocenters. The number of thiophene rings is 1. The van der Waals surface area contributed by atoms with E-state index in [1.54, 1.807) is 6.07 Å². The van der Waals surface area contributed by atoms with Crippen LogP contribution in [0, 0.1) is 0 Å². The van der Waals surface area contributed by atoms with Crippen LogP contribution >= 0.6 is 11.3 Å². The highest BCUT2D eigenvalue weighted by atomic mass is 32.2. The van der Waals surface area contributed by atoms with Gasteiger partial charge in [0.15, 0.2) is 11.5 Å². The zero-order chi connectivity index (χ0) is 20.1. The van der Waals surface area contributed by atoms with Crippen molar-refractivity contribution in [2.24, 2.45) is 0 Å². The van der Waals surface area contributed by atoms with Crippen molar-refractivity contribution in [1.29, 1.82) is 0 Å². The fourth-order valence-electron chi connectivity index (χ4n) is 2.90. The molecule has 1 aromatic heterocycles. The fraction of sp³-hybridized carbons (Fsp3) is 0.421. The van der Waals surface area contributed by atoms with Crippen LogP contribution in [0.1, 0.15) is 26.5 Å². The molecule has 28 heavy (non-hydrogen) atoms. The molecule has 0 saturated heterocycles. The van der Waals surface area contributed by atoms with Crippen LogP contribution in [0.5, 0.6) is 11.5 Å². The maximum absolute atomic E-state index is 12.2. The highest BCUT2D eigenvalue weighted by molar-refractivity contribution is 7.88. The number of rotatable bonds is 8. The van der Waals surface area contributed by atoms with Crippen LogP contribution in [0.25, 0.3) is 0 Å². The Balaban J connectivity index is 1.61. The van der Waals surface area contributed by atoms with E-state index in [9.17, 15) is 13.2 Å². The van der Waals surface area contributed by atoms with Crippen LogP contribution < -0.4 is 9.47 Å². The zero-order valence-corrected chi connectivity index (χ0v) is 17.5. The van der Waals surface area contributed by atoms with Gasteiger partial charge in [-0.25, -0.2) is 13.2 Å². The molecule has 0 bridgehead atoms. The quantitative estimate of drug-likeness (QED) is 0.605. The molecule has 0 aliphatic carbocycles. The Hall–Kier alpha value is -2.10. The second-order valence-corrected chi connectivity index (χ2v) is 9.59. The van der Waals surface area contributed by atoms with Crippen molar-refractivity contribution in [3.05, 3.63) is 45.6 Å². The van der Waals surface area contributed by atoms with Crippen molar-refractivity contribution >= 4 is 27.3 Å². The van der Waals surface area contributed by atoms with Crippen molar-refractivity contribution in [2.45, 2.75) is 19.4 Å². The molecule has 0 saturated carbocycles. The summed E-state index contributed by atoms with van der Waals surface area (Å²) in [6.45, 7) is 1.66. The van der Waals surface area contributed by atoms with E-state index in [1.165, 1.54) is 29.0 Å². The lowest BCUT2D eigenvalue weighted by Crippen LogP contribution is -2.30. The molecule has 0 radical (unpaired) electrons. The average molecular weight is 426 g/mol. The van der Waals surface area contributed by atoms with Gasteiger partial charge >= 0.3 is 5.97 Å². The normalized spacial score (nSPS) is 13.5. The minimum Gasteiger partial charge on any atom is -0.486 e. The van der Waals surface area contributed by atoms with Crippen LogP contribution in [0.3, 0.4) is 0 Å². The Morgan fingerprint density at radius 3 is 2.64 bits per heavy atom. The van der Waals surface area contributed by atoms with Crippen molar-refractivity contribution in [2.75, 3.05) is 33.1 Å². The third-order valence-electron chi connectivity index (χ3n) is 4.31. The van der Waals surface area contributed by atoms with Gasteiger partial charge in [-0.2, -0.15) is 4.31 Å². The minimum atomic E-state index is -3.36. The van der Waals surface area contributed by atoms with Crippen LogP contribution in [0.4, 0.5) is 0 Å². The molecule has 0 N–H and O–H groups in total. The molecule has 0 amide bonds. The van der Waals surface area contributed by atoms with Gasteiger partial charge in [-0.05, 0) is 42.7 Å². The first-order valence-electron chi connectivity index (χ1n) is 8.87. The van der Waals surface area contributed by atoms with Gasteiger partial charge in [0.05, 0.1) is 13.4 Å². The van der Waals surface area contributed by atoms with Gasteiger partial charge in [-0.1, -0.05) is 6.07 Å². The van der Waals surface area contributed by atoms with Gasteiger partial charge in [-0.3, -0.25) is 0 Å². The van der Waals surface area contributed by atoms with Gasteiger partial charge in [0.2, 0.25) is 10.0 Å². The predicted molar refractivity (Wildman–Crippen MR) is 107 cm³/mol. The van der Waals surface area contributed by atoms with Gasteiger partial charge in [0, 0.05) is 18.0 Å². The molecule has 0 spiro atoms. The molecule has 9 heteroatoms. The molecule has 152 valence electrons. The number of carbonyl (C=O) groups excluding carboxylic acids is 1. The number of carbonyl (C=O) groups is 1. The van der Waals surface area contributed by atoms with E-state index in [4.69, 9.17) is 14.2 Å². The lowest BCUT2D eigenvalue weighted by molar-refractivity contribution is 0.0606. The second kappa shape index (κ2) is 8.93. The lowest BCUT2D eigenvalue weighted by Gasteiger charge is -2.22. The highest BCUT2D eigenvalue weighted by Crippen LogP contribution is 2.31. The van der Waals surface area contributed by atoms with Crippen LogP contribution in [0.2, 0.25) is 0 Å². The van der Waals surface area contributed by atoms with E-state index in [2.05, 4.69) is 0 Å². The number of hydrogen-bond donors (Lipinski definition) is 0. The Kier molecular flexibility index (Phi) is 6.58. The van der Waals surface area contributed by atoms with Gasteiger partial charge in [0.1, 0.15) is 18.1 Å². The van der Waals surface area contributed by atoms with Gasteiger partial charge < -0.3 is 14.2 Å². The summed E-state index contributed by atoms with van der Waals surface area (Å²) in [6, 6.07) is 9.10. The summed E-state index contributed by atoms with van der Waals surface area (Å²) in [5, 5.41) is 0. The van der Waals surface area contributed by atoms with E-state index in [0.717, 1.165) is 10.4 Å². The third kappa shape index (κ3) is 5.24. The number of nitrogens with zero attached hydrogens (tertiary/aromatic N) is 1. The third-order valence-corrected chi connectivity index (χ3v) is 6.69. The number of sulfonamides is 1. The standard InChI is InChI=1S/C19H23NO6S2/c1-24-19(21)18-8-6-15(27-18)4-3-9-20(28(2,22)23)13-14-5-7-16-17(12-14)26-11-10-25-16/h5-8,12H,3-4,9-11,13H2,1-2H3. The molecule has 1 aliphatic heterocycles. The first kappa shape index (κ1) is 20.6. The number of ether oxygens (including phenoxy) is 3. The Labute approximate surface area is 168 Å². The number of methoxy groups -OCH3 is 1. The topological polar surface area (TPSA) is 82.1 Å². The number of aryl methyl sites for hydroxylation is 1. The van der Waals surface area contributed by atoms with E-state index in [0.29, 0.717) is 49.0 Å². The molecule has 3 rings (SSSR count). The largest absolute Gasteiger partial charge is 0.486 e. The van der Waals surface area contributed by atoms with Crippen LogP contribution in [-0.4, -0.2) is 51.8 Å². The lowest BCUT2D eigenvalue weighted by atomic mass is 10.2. The smallest absolute Gasteiger partial charge is 0.348 e. The van der Waals surface area contributed by atoms with Crippen molar-refractivity contribution in [3.8, 4) is 11.5 Å². The van der Waals surface area contributed by atoms with Gasteiger partial charge in [-0.15, -0.1) is 11.3 Å². The van der Waals surface area contributed by atoms with Crippen LogP contribution in [-0.2, 0) is 27.7 Å². The fourth-order valence-corrected chi connectivity index (χ4v) is 4.72. The Bertz CT molecular complexity index is 938. The summed E-state index contributed by atoms with van der Waals surface area (Å²) in [5.41, 5.74) is 0.846. The zero-order valence-electron chi connectivity index (χ0n) is 15.8. The number of benzene rings is 1. The Morgan fingerprint density at radius 1 is 1.18 bits per heavy atom. The first-order valence-corrected chi connectivity index (χ1v) is 11.5. The van der Waals surface area contributed by atoms with E-state index in [1.807, 2.05) is 24.3 Å². The monoisotopic (exact) mass is 425 g/mol. The molecule has 7 nitrogen and oxygen atoms in total. The molecule has 1 aliphatic rings. The van der Waals surface area contributed by atoms with Crippen molar-refractivity contribution in [3.63, 3.8) is 0 Å². The molecule has 2 heterocycles. The summed E-state index contributed by atoms with van der Waals surface area (Å²) in [7, 11) is -2.01. The minimum absolute atomic E-state index is 0.271. The van der Waals surface area contributed by atoms with E-state index >= 15 is 0 Å². The molecule has 1 aromatic carbocycles. The molecule has 0 fully saturated rings. The summed E-state index contributed by atoms with van der Waals surface area (Å²) in [6.07, 6.45) is 2.55. The van der Waals surface area contributed by atoms with Crippen LogP contribution in [0.15, 0.2) is 30.3 Å². The molecule has 0 unspecified atom stereocenters.